The number of benzene rings is 1. The lowest BCUT2D eigenvalue weighted by atomic mass is 9.32. The zero-order valence-corrected chi connectivity index (χ0v) is 39.9. The molecule has 338 valence electrons. The second-order valence-corrected chi connectivity index (χ2v) is 22.5. The quantitative estimate of drug-likeness (QED) is 0.156. The van der Waals surface area contributed by atoms with E-state index in [4.69, 9.17) is 16.1 Å². The summed E-state index contributed by atoms with van der Waals surface area (Å²) < 4.78 is 10.4. The largest absolute Gasteiger partial charge is 0.469 e. The molecule has 0 bridgehead atoms. The number of nitrogens with one attached hydrogen (secondary N) is 1. The van der Waals surface area contributed by atoms with Crippen LogP contribution in [0.1, 0.15) is 148 Å². The van der Waals surface area contributed by atoms with E-state index in [2.05, 4.69) is 77.1 Å². The maximum Gasteiger partial charge on any atom is 0.338 e. The Bertz CT molecular complexity index is 1880. The lowest BCUT2D eigenvalue weighted by Crippen LogP contribution is -2.66. The van der Waals surface area contributed by atoms with Gasteiger partial charge in [0.1, 0.15) is 5.60 Å². The molecule has 0 unspecified atom stereocenters. The van der Waals surface area contributed by atoms with Crippen LogP contribution < -0.4 is 5.32 Å². The first-order valence-electron chi connectivity index (χ1n) is 23.4. The summed E-state index contributed by atoms with van der Waals surface area (Å²) in [6, 6.07) is 8.09. The molecule has 9 heteroatoms. The van der Waals surface area contributed by atoms with Crippen molar-refractivity contribution in [2.75, 3.05) is 47.9 Å². The van der Waals surface area contributed by atoms with Gasteiger partial charge in [0.15, 0.2) is 0 Å². The number of allylic oxidation sites excluding steroid dienone is 2. The zero-order chi connectivity index (χ0) is 44.9. The van der Waals surface area contributed by atoms with Crippen LogP contribution in [0, 0.1) is 56.7 Å². The van der Waals surface area contributed by atoms with Gasteiger partial charge in [-0.15, -0.1) is 0 Å². The Kier molecular flexibility index (Phi) is 13.3. The predicted octanol–water partition coefficient (Wildman–Crippen LogP) is 9.75. The van der Waals surface area contributed by atoms with Crippen LogP contribution >= 0.6 is 0 Å². The maximum atomic E-state index is 14.7. The van der Waals surface area contributed by atoms with Crippen LogP contribution in [0.25, 0.3) is 5.57 Å². The van der Waals surface area contributed by atoms with Crippen LogP contribution in [0.5, 0.6) is 0 Å². The number of rotatable bonds is 13. The van der Waals surface area contributed by atoms with Crippen LogP contribution in [-0.2, 0) is 23.9 Å². The van der Waals surface area contributed by atoms with Crippen molar-refractivity contribution in [3.63, 3.8) is 0 Å². The summed E-state index contributed by atoms with van der Waals surface area (Å²) in [5.41, 5.74) is 3.65. The molecule has 0 saturated heterocycles. The molecule has 0 aliphatic heterocycles. The van der Waals surface area contributed by atoms with Gasteiger partial charge in [0, 0.05) is 33.1 Å². The third-order valence-electron chi connectivity index (χ3n) is 17.6. The number of methoxy groups -OCH3 is 1. The molecule has 0 heterocycles. The molecule has 9 atom stereocenters. The molecule has 4 fully saturated rings. The topological polar surface area (TPSA) is 105 Å². The van der Waals surface area contributed by atoms with Gasteiger partial charge < -0.3 is 24.6 Å². The van der Waals surface area contributed by atoms with E-state index in [1.807, 2.05) is 40.0 Å². The number of carbonyl (C=O) groups is 4. The summed E-state index contributed by atoms with van der Waals surface area (Å²) in [7, 11) is 7.26. The summed E-state index contributed by atoms with van der Waals surface area (Å²) in [6.07, 6.45) is 12.9. The third kappa shape index (κ3) is 8.52. The Labute approximate surface area is 368 Å². The van der Waals surface area contributed by atoms with Crippen LogP contribution in [-0.4, -0.2) is 87.0 Å². The first kappa shape index (κ1) is 47.0. The van der Waals surface area contributed by atoms with E-state index >= 15 is 0 Å². The van der Waals surface area contributed by atoms with Crippen molar-refractivity contribution in [3.05, 3.63) is 53.6 Å². The highest BCUT2D eigenvalue weighted by molar-refractivity contribution is 5.90. The molecule has 61 heavy (non-hydrogen) atoms. The van der Waals surface area contributed by atoms with Crippen molar-refractivity contribution < 1.29 is 28.7 Å². The smallest absolute Gasteiger partial charge is 0.338 e. The Morgan fingerprint density at radius 3 is 2.15 bits per heavy atom. The Morgan fingerprint density at radius 1 is 0.820 bits per heavy atom. The van der Waals surface area contributed by atoms with Gasteiger partial charge >= 0.3 is 11.9 Å². The molecule has 2 amide bonds. The van der Waals surface area contributed by atoms with Crippen LogP contribution in [0.4, 0.5) is 0 Å². The minimum Gasteiger partial charge on any atom is -0.469 e. The number of hydrogen-bond donors (Lipinski definition) is 1. The first-order chi connectivity index (χ1) is 28.4. The van der Waals surface area contributed by atoms with Crippen molar-refractivity contribution >= 4 is 29.3 Å². The molecule has 5 aliphatic carbocycles. The molecular formula is C52H79N3O6. The molecular weight excluding hydrogens is 763 g/mol. The van der Waals surface area contributed by atoms with E-state index in [0.717, 1.165) is 45.1 Å². The normalized spacial score (nSPS) is 33.9. The molecule has 1 aromatic rings. The van der Waals surface area contributed by atoms with Gasteiger partial charge in [0.25, 0.3) is 0 Å². The SMILES string of the molecule is C=C(CCN(C)C(=O)CCC(=O)OC)[C@@H]1CC[C@]2(C(=O)NCCN(C)C)CC[C@]3(C)[C@H](CC[C@@H]4[C@@]5(C)CC=C(c6ccc(C(=O)OC(C)(C)C)cc6)C(C)(C)[C@@H]5CC[C@]43C)[C@@H]12. The molecule has 4 saturated carbocycles. The van der Waals surface area contributed by atoms with Gasteiger partial charge in [0.05, 0.1) is 24.5 Å². The Morgan fingerprint density at radius 2 is 1.51 bits per heavy atom. The first-order valence-corrected chi connectivity index (χ1v) is 23.4. The lowest BCUT2D eigenvalue weighted by Gasteiger charge is -2.72. The molecule has 5 aliphatic rings. The van der Waals surface area contributed by atoms with Gasteiger partial charge in [-0.2, -0.15) is 0 Å². The Hall–Kier alpha value is -3.46. The van der Waals surface area contributed by atoms with Gasteiger partial charge in [-0.25, -0.2) is 4.79 Å². The molecule has 0 aromatic heterocycles. The second-order valence-electron chi connectivity index (χ2n) is 22.5. The van der Waals surface area contributed by atoms with Crippen molar-refractivity contribution in [2.45, 2.75) is 138 Å². The second kappa shape index (κ2) is 17.3. The number of likely N-dealkylation sites (N-methyl/N-ethyl adjacent to an activating group) is 1. The predicted molar refractivity (Wildman–Crippen MR) is 243 cm³/mol. The molecule has 1 aromatic carbocycles. The van der Waals surface area contributed by atoms with E-state index in [1.54, 1.807) is 4.90 Å². The number of carbonyl (C=O) groups excluding carboxylic acids is 4. The van der Waals surface area contributed by atoms with Crippen molar-refractivity contribution in [1.29, 1.82) is 0 Å². The number of esters is 2. The van der Waals surface area contributed by atoms with Crippen molar-refractivity contribution in [1.82, 2.24) is 15.1 Å². The van der Waals surface area contributed by atoms with Gasteiger partial charge in [-0.3, -0.25) is 14.4 Å². The fourth-order valence-corrected chi connectivity index (χ4v) is 14.4. The van der Waals surface area contributed by atoms with E-state index in [0.29, 0.717) is 42.8 Å². The highest BCUT2D eigenvalue weighted by Crippen LogP contribution is 2.77. The van der Waals surface area contributed by atoms with E-state index in [-0.39, 0.29) is 70.1 Å². The van der Waals surface area contributed by atoms with E-state index < -0.39 is 11.0 Å². The minimum absolute atomic E-state index is 0.0476. The van der Waals surface area contributed by atoms with Gasteiger partial charge in [-0.05, 0) is 174 Å². The number of hydrogen-bond acceptors (Lipinski definition) is 7. The zero-order valence-electron chi connectivity index (χ0n) is 39.9. The number of nitrogens with zero attached hydrogens (tertiary/aromatic N) is 2. The third-order valence-corrected chi connectivity index (χ3v) is 17.6. The summed E-state index contributed by atoms with van der Waals surface area (Å²) in [4.78, 5) is 56.1. The average Bonchev–Trinajstić information content (AvgIpc) is 3.59. The van der Waals surface area contributed by atoms with Crippen LogP contribution in [0.15, 0.2) is 42.5 Å². The summed E-state index contributed by atoms with van der Waals surface area (Å²) in [6.45, 7) is 25.2. The monoisotopic (exact) mass is 842 g/mol. The van der Waals surface area contributed by atoms with E-state index in [9.17, 15) is 19.2 Å². The Balaban J connectivity index is 1.27. The molecule has 1 N–H and O–H groups in total. The van der Waals surface area contributed by atoms with Gasteiger partial charge in [-0.1, -0.05) is 65.0 Å². The highest BCUT2D eigenvalue weighted by Gasteiger charge is 2.71. The number of fused-ring (bicyclic) bond motifs is 7. The van der Waals surface area contributed by atoms with E-state index in [1.165, 1.54) is 43.1 Å². The summed E-state index contributed by atoms with van der Waals surface area (Å²) in [5, 5.41) is 3.43. The van der Waals surface area contributed by atoms with Gasteiger partial charge in [0.2, 0.25) is 11.8 Å². The maximum absolute atomic E-state index is 14.7. The van der Waals surface area contributed by atoms with Crippen molar-refractivity contribution in [3.8, 4) is 0 Å². The van der Waals surface area contributed by atoms with Crippen LogP contribution in [0.2, 0.25) is 0 Å². The lowest BCUT2D eigenvalue weighted by molar-refractivity contribution is -0.225. The molecule has 0 radical (unpaired) electrons. The molecule has 9 nitrogen and oxygen atoms in total. The molecule has 0 spiro atoms. The highest BCUT2D eigenvalue weighted by atomic mass is 16.6. The summed E-state index contributed by atoms with van der Waals surface area (Å²) in [5.74, 6) is 1.41. The average molecular weight is 842 g/mol. The number of ether oxygens (including phenoxy) is 2. The van der Waals surface area contributed by atoms with Crippen molar-refractivity contribution in [2.24, 2.45) is 56.7 Å². The fraction of sp³-hybridized carbons (Fsp3) is 0.731. The fourth-order valence-electron chi connectivity index (χ4n) is 14.4. The molecule has 6 rings (SSSR count). The summed E-state index contributed by atoms with van der Waals surface area (Å²) >= 11 is 0. The standard InChI is InChI=1S/C52H79N3O6/c1-34(25-32-55(12)42(56)20-21-43(57)60-13)37-22-28-52(46(59)53-31-33-54(10)11)30-29-50(8)39(44(37)52)18-19-41-49(7)26-23-38(48(5,6)40(49)24-27-51(41,50)9)35-14-16-36(17-15-35)45(58)61-47(2,3)4/h14-17,23,37,39-41,44H,1,18-22,24-33H2,2-13H3,(H,53,59)/t37-,39+,40-,41+,44+,49-,50+,51+,52-/m0/s1. The minimum atomic E-state index is -0.538. The number of amides is 2. The van der Waals surface area contributed by atoms with Crippen LogP contribution in [0.3, 0.4) is 0 Å².